The molecule has 0 bridgehead atoms. The highest BCUT2D eigenvalue weighted by Crippen LogP contribution is 2.29. The van der Waals surface area contributed by atoms with E-state index in [4.69, 9.17) is 24.4 Å². The highest BCUT2D eigenvalue weighted by molar-refractivity contribution is 5.99. The minimum atomic E-state index is -1.26. The molecule has 0 unspecified atom stereocenters. The van der Waals surface area contributed by atoms with Crippen LogP contribution in [0.1, 0.15) is 50.4 Å². The SMILES string of the molecule is CN(CC(=O)c1ccc(OCC(=O)O)c(OCC(=O)O)c1)C(=O)CC1CCN(C(=O)OC(C)(C)C)CC1. The molecule has 0 aromatic heterocycles. The molecule has 2 rings (SSSR count). The summed E-state index contributed by atoms with van der Waals surface area (Å²) < 4.78 is 15.6. The fourth-order valence-electron chi connectivity index (χ4n) is 3.64. The highest BCUT2D eigenvalue weighted by atomic mass is 16.6. The second kappa shape index (κ2) is 12.9. The average Bonchev–Trinajstić information content (AvgIpc) is 2.80. The molecule has 204 valence electrons. The third-order valence-electron chi connectivity index (χ3n) is 5.50. The van der Waals surface area contributed by atoms with Crippen LogP contribution in [0.3, 0.4) is 0 Å². The first kappa shape index (κ1) is 29.4. The lowest BCUT2D eigenvalue weighted by Crippen LogP contribution is -2.42. The number of carbonyl (C=O) groups excluding carboxylic acids is 3. The van der Waals surface area contributed by atoms with Crippen LogP contribution < -0.4 is 9.47 Å². The van der Waals surface area contributed by atoms with Gasteiger partial charge in [-0.25, -0.2) is 14.4 Å². The summed E-state index contributed by atoms with van der Waals surface area (Å²) >= 11 is 0. The number of rotatable bonds is 11. The highest BCUT2D eigenvalue weighted by Gasteiger charge is 2.28. The first-order valence-corrected chi connectivity index (χ1v) is 11.8. The number of hydrogen-bond acceptors (Lipinski definition) is 8. The van der Waals surface area contributed by atoms with E-state index in [-0.39, 0.29) is 47.9 Å². The van der Waals surface area contributed by atoms with Crippen molar-refractivity contribution in [1.29, 1.82) is 0 Å². The van der Waals surface area contributed by atoms with Crippen molar-refractivity contribution in [3.05, 3.63) is 23.8 Å². The largest absolute Gasteiger partial charge is 0.479 e. The molecule has 0 radical (unpaired) electrons. The number of carboxylic acid groups (broad SMARTS) is 2. The molecule has 0 spiro atoms. The number of hydrogen-bond donors (Lipinski definition) is 2. The van der Waals surface area contributed by atoms with Gasteiger partial charge in [0.05, 0.1) is 6.54 Å². The summed E-state index contributed by atoms with van der Waals surface area (Å²) in [6.07, 6.45) is 1.16. The first-order valence-electron chi connectivity index (χ1n) is 11.8. The predicted molar refractivity (Wildman–Crippen MR) is 130 cm³/mol. The zero-order valence-corrected chi connectivity index (χ0v) is 21.5. The molecular weight excluding hydrogens is 488 g/mol. The van der Waals surface area contributed by atoms with E-state index >= 15 is 0 Å². The van der Waals surface area contributed by atoms with Crippen molar-refractivity contribution in [2.75, 3.05) is 39.9 Å². The lowest BCUT2D eigenvalue weighted by molar-refractivity contribution is -0.140. The van der Waals surface area contributed by atoms with E-state index in [0.717, 1.165) is 0 Å². The van der Waals surface area contributed by atoms with Gasteiger partial charge in [0.1, 0.15) is 5.60 Å². The molecule has 0 aliphatic carbocycles. The number of nitrogens with zero attached hydrogens (tertiary/aromatic N) is 2. The minimum Gasteiger partial charge on any atom is -0.479 e. The number of piperidine rings is 1. The van der Waals surface area contributed by atoms with Gasteiger partial charge in [-0.1, -0.05) is 0 Å². The van der Waals surface area contributed by atoms with Crippen molar-refractivity contribution in [3.63, 3.8) is 0 Å². The summed E-state index contributed by atoms with van der Waals surface area (Å²) in [5.74, 6) is -3.18. The number of Topliss-reactive ketones (excluding diaryl/α,β-unsaturated/α-hetero) is 1. The van der Waals surface area contributed by atoms with Crippen LogP contribution in [0, 0.1) is 5.92 Å². The molecule has 0 saturated carbocycles. The normalized spacial score (nSPS) is 14.0. The summed E-state index contributed by atoms with van der Waals surface area (Å²) in [4.78, 5) is 62.3. The third-order valence-corrected chi connectivity index (χ3v) is 5.50. The van der Waals surface area contributed by atoms with Crippen molar-refractivity contribution in [3.8, 4) is 11.5 Å². The molecule has 12 heteroatoms. The second-order valence-corrected chi connectivity index (χ2v) is 9.81. The molecule has 1 saturated heterocycles. The quantitative estimate of drug-likeness (QED) is 0.413. The fourth-order valence-corrected chi connectivity index (χ4v) is 3.64. The summed E-state index contributed by atoms with van der Waals surface area (Å²) in [6.45, 7) is 4.78. The van der Waals surface area contributed by atoms with E-state index in [0.29, 0.717) is 25.9 Å². The summed E-state index contributed by atoms with van der Waals surface area (Å²) in [6, 6.07) is 3.96. The lowest BCUT2D eigenvalue weighted by Gasteiger charge is -2.33. The molecule has 37 heavy (non-hydrogen) atoms. The number of ketones is 1. The molecule has 1 aliphatic heterocycles. The van der Waals surface area contributed by atoms with Gasteiger partial charge in [-0.05, 0) is 57.7 Å². The Balaban J connectivity index is 1.93. The van der Waals surface area contributed by atoms with Crippen molar-refractivity contribution < 1.29 is 48.4 Å². The van der Waals surface area contributed by atoms with Gasteiger partial charge in [0, 0.05) is 32.1 Å². The van der Waals surface area contributed by atoms with Gasteiger partial charge >= 0.3 is 18.0 Å². The van der Waals surface area contributed by atoms with Crippen LogP contribution in [0.5, 0.6) is 11.5 Å². The van der Waals surface area contributed by atoms with E-state index in [2.05, 4.69) is 0 Å². The molecule has 2 amide bonds. The zero-order valence-electron chi connectivity index (χ0n) is 21.5. The van der Waals surface area contributed by atoms with Crippen molar-refractivity contribution >= 4 is 29.7 Å². The van der Waals surface area contributed by atoms with Gasteiger partial charge in [0.15, 0.2) is 30.5 Å². The van der Waals surface area contributed by atoms with Gasteiger partial charge in [-0.3, -0.25) is 9.59 Å². The number of aliphatic carboxylic acids is 2. The van der Waals surface area contributed by atoms with E-state index in [1.807, 2.05) is 0 Å². The van der Waals surface area contributed by atoms with Crippen LogP contribution in [-0.4, -0.2) is 95.2 Å². The van der Waals surface area contributed by atoms with Crippen LogP contribution in [0.2, 0.25) is 0 Å². The molecule has 1 aliphatic rings. The fraction of sp³-hybridized carbons (Fsp3) is 0.560. The lowest BCUT2D eigenvalue weighted by atomic mass is 9.93. The number of ether oxygens (including phenoxy) is 3. The Kier molecular flexibility index (Phi) is 10.3. The predicted octanol–water partition coefficient (Wildman–Crippen LogP) is 2.29. The molecule has 1 heterocycles. The van der Waals surface area contributed by atoms with Crippen LogP contribution in [0.25, 0.3) is 0 Å². The van der Waals surface area contributed by atoms with Gasteiger partial charge in [-0.2, -0.15) is 0 Å². The Morgan fingerprint density at radius 1 is 0.973 bits per heavy atom. The molecule has 2 N–H and O–H groups in total. The Morgan fingerprint density at radius 3 is 2.08 bits per heavy atom. The third kappa shape index (κ3) is 9.98. The molecule has 12 nitrogen and oxygen atoms in total. The number of benzene rings is 1. The maximum Gasteiger partial charge on any atom is 0.410 e. The zero-order chi connectivity index (χ0) is 27.8. The minimum absolute atomic E-state index is 0.0256. The number of likely N-dealkylation sites (tertiary alicyclic amines) is 1. The van der Waals surface area contributed by atoms with Crippen LogP contribution in [0.4, 0.5) is 4.79 Å². The number of amides is 2. The Labute approximate surface area is 215 Å². The summed E-state index contributed by atoms with van der Waals surface area (Å²) in [5.41, 5.74) is -0.429. The van der Waals surface area contributed by atoms with E-state index < -0.39 is 36.5 Å². The van der Waals surface area contributed by atoms with Crippen LogP contribution in [-0.2, 0) is 19.1 Å². The molecule has 0 atom stereocenters. The first-order chi connectivity index (χ1) is 17.2. The maximum atomic E-state index is 12.8. The summed E-state index contributed by atoms with van der Waals surface area (Å²) in [5, 5.41) is 17.7. The Bertz CT molecular complexity index is 1010. The Hall–Kier alpha value is -3.83. The van der Waals surface area contributed by atoms with Crippen molar-refractivity contribution in [2.24, 2.45) is 5.92 Å². The standard InChI is InChI=1S/C25H34N2O10/c1-25(2,3)37-24(34)27-9-7-16(8-10-27)11-21(29)26(4)13-18(28)17-5-6-19(35-14-22(30)31)20(12-17)36-15-23(32)33/h5-6,12,16H,7-11,13-15H2,1-4H3,(H,30,31)(H,32,33). The smallest absolute Gasteiger partial charge is 0.410 e. The monoisotopic (exact) mass is 522 g/mol. The average molecular weight is 523 g/mol. The molecule has 1 fully saturated rings. The number of likely N-dealkylation sites (N-methyl/N-ethyl adjacent to an activating group) is 1. The van der Waals surface area contributed by atoms with E-state index in [1.54, 1.807) is 25.7 Å². The van der Waals surface area contributed by atoms with Crippen molar-refractivity contribution in [2.45, 2.75) is 45.6 Å². The maximum absolute atomic E-state index is 12.8. The topological polar surface area (TPSA) is 160 Å². The van der Waals surface area contributed by atoms with E-state index in [9.17, 15) is 24.0 Å². The van der Waals surface area contributed by atoms with E-state index in [1.165, 1.54) is 30.1 Å². The van der Waals surface area contributed by atoms with Gasteiger partial charge in [-0.15, -0.1) is 0 Å². The van der Waals surface area contributed by atoms with Gasteiger partial charge in [0.2, 0.25) is 5.91 Å². The van der Waals surface area contributed by atoms with Gasteiger partial charge < -0.3 is 34.2 Å². The molecular formula is C25H34N2O10. The van der Waals surface area contributed by atoms with Crippen LogP contribution >= 0.6 is 0 Å². The molecule has 1 aromatic rings. The van der Waals surface area contributed by atoms with Crippen LogP contribution in [0.15, 0.2) is 18.2 Å². The number of carboxylic acids is 2. The number of carbonyl (C=O) groups is 5. The van der Waals surface area contributed by atoms with Gasteiger partial charge in [0.25, 0.3) is 0 Å². The Morgan fingerprint density at radius 2 is 1.54 bits per heavy atom. The van der Waals surface area contributed by atoms with Crippen molar-refractivity contribution in [1.82, 2.24) is 9.80 Å². The summed E-state index contributed by atoms with van der Waals surface area (Å²) in [7, 11) is 1.52. The second-order valence-electron chi connectivity index (χ2n) is 9.81. The molecule has 1 aromatic carbocycles.